The predicted octanol–water partition coefficient (Wildman–Crippen LogP) is 6.51. The van der Waals surface area contributed by atoms with Crippen LogP contribution in [0.4, 0.5) is 5.69 Å². The largest absolute Gasteiger partial charge is 0.457 e. The monoisotopic (exact) mass is 491 g/mol. The van der Waals surface area contributed by atoms with Gasteiger partial charge in [0.05, 0.1) is 4.92 Å². The van der Waals surface area contributed by atoms with Crippen LogP contribution in [0, 0.1) is 10.1 Å². The first-order valence-corrected chi connectivity index (χ1v) is 11.9. The second kappa shape index (κ2) is 9.12. The first kappa shape index (κ1) is 21.8. The first-order chi connectivity index (χ1) is 17.7. The summed E-state index contributed by atoms with van der Waals surface area (Å²) in [5.41, 5.74) is 3.45. The molecule has 174 valence electrons. The molecule has 0 aliphatic carbocycles. The number of fused-ring (bicyclic) bond motifs is 1. The van der Waals surface area contributed by atoms with Crippen LogP contribution in [0.1, 0.15) is 11.3 Å². The number of nitrogens with zero attached hydrogens (tertiary/aromatic N) is 5. The molecule has 0 amide bonds. The Balaban J connectivity index is 1.39. The van der Waals surface area contributed by atoms with Gasteiger partial charge in [-0.1, -0.05) is 60.7 Å². The number of hydrogen-bond donors (Lipinski definition) is 0. The molecule has 1 aliphatic heterocycles. The summed E-state index contributed by atoms with van der Waals surface area (Å²) in [6.45, 7) is 0. The maximum Gasteiger partial charge on any atom is 0.269 e. The molecule has 3 aromatic carbocycles. The molecular formula is C27H17N5O3S. The Bertz CT molecular complexity index is 1620. The molecule has 0 atom stereocenters. The van der Waals surface area contributed by atoms with Crippen molar-refractivity contribution in [3.63, 3.8) is 0 Å². The van der Waals surface area contributed by atoms with Crippen LogP contribution in [0.2, 0.25) is 0 Å². The molecule has 6 rings (SSSR count). The van der Waals surface area contributed by atoms with Gasteiger partial charge in [-0.3, -0.25) is 10.1 Å². The summed E-state index contributed by atoms with van der Waals surface area (Å²) in [4.78, 5) is 11.4. The van der Waals surface area contributed by atoms with Crippen LogP contribution in [0.5, 0.6) is 0 Å². The molecule has 5 aromatic rings. The Hall–Kier alpha value is -4.76. The number of rotatable bonds is 5. The lowest BCUT2D eigenvalue weighted by atomic mass is 10.1. The molecule has 0 spiro atoms. The highest BCUT2D eigenvalue weighted by Crippen LogP contribution is 2.37. The zero-order chi connectivity index (χ0) is 24.5. The zero-order valence-electron chi connectivity index (χ0n) is 18.7. The number of allylic oxidation sites excluding steroid dienone is 1. The summed E-state index contributed by atoms with van der Waals surface area (Å²) in [5, 5.41) is 25.3. The van der Waals surface area contributed by atoms with Crippen LogP contribution in [0.15, 0.2) is 117 Å². The molecule has 8 nitrogen and oxygen atoms in total. The van der Waals surface area contributed by atoms with E-state index in [1.807, 2.05) is 78.9 Å². The zero-order valence-corrected chi connectivity index (χ0v) is 19.5. The van der Waals surface area contributed by atoms with E-state index in [1.54, 1.807) is 16.8 Å². The Morgan fingerprint density at radius 1 is 0.806 bits per heavy atom. The van der Waals surface area contributed by atoms with Crippen LogP contribution in [-0.4, -0.2) is 25.5 Å². The molecule has 0 unspecified atom stereocenters. The fourth-order valence-electron chi connectivity index (χ4n) is 3.84. The number of furan rings is 1. The average Bonchev–Trinajstić information content (AvgIpc) is 3.56. The fraction of sp³-hybridized carbons (Fsp3) is 0. The quantitative estimate of drug-likeness (QED) is 0.205. The molecular weight excluding hydrogens is 474 g/mol. The van der Waals surface area contributed by atoms with Crippen molar-refractivity contribution in [3.8, 4) is 22.7 Å². The van der Waals surface area contributed by atoms with E-state index in [0.717, 1.165) is 27.3 Å². The van der Waals surface area contributed by atoms with Gasteiger partial charge in [0.15, 0.2) is 5.82 Å². The van der Waals surface area contributed by atoms with Crippen molar-refractivity contribution in [1.82, 2.24) is 14.9 Å². The Labute approximate surface area is 209 Å². The highest BCUT2D eigenvalue weighted by molar-refractivity contribution is 8.04. The van der Waals surface area contributed by atoms with E-state index < -0.39 is 4.92 Å². The lowest BCUT2D eigenvalue weighted by molar-refractivity contribution is -0.384. The smallest absolute Gasteiger partial charge is 0.269 e. The van der Waals surface area contributed by atoms with Gasteiger partial charge in [0.2, 0.25) is 5.16 Å². The second-order valence-corrected chi connectivity index (χ2v) is 8.92. The Morgan fingerprint density at radius 2 is 1.50 bits per heavy atom. The Kier molecular flexibility index (Phi) is 5.51. The van der Waals surface area contributed by atoms with Gasteiger partial charge in [-0.2, -0.15) is 9.78 Å². The number of hydrogen-bond acceptors (Lipinski definition) is 7. The van der Waals surface area contributed by atoms with Gasteiger partial charge in [-0.25, -0.2) is 0 Å². The van der Waals surface area contributed by atoms with E-state index in [0.29, 0.717) is 22.5 Å². The molecule has 0 radical (unpaired) electrons. The number of aromatic nitrogens is 3. The van der Waals surface area contributed by atoms with Gasteiger partial charge < -0.3 is 4.42 Å². The van der Waals surface area contributed by atoms with E-state index in [2.05, 4.69) is 10.2 Å². The molecule has 2 aromatic heterocycles. The second-order valence-electron chi connectivity index (χ2n) is 7.92. The van der Waals surface area contributed by atoms with Gasteiger partial charge in [-0.05, 0) is 42.1 Å². The van der Waals surface area contributed by atoms with Gasteiger partial charge in [0.25, 0.3) is 5.69 Å². The lowest BCUT2D eigenvalue weighted by Gasteiger charge is -2.17. The summed E-state index contributed by atoms with van der Waals surface area (Å²) in [6.07, 6.45) is 1.92. The topological polar surface area (TPSA) is 99.3 Å². The SMILES string of the molecule is O=[N+]([O-])c1ccc(-c2ccc(/C=C3\Sc4nnc(-c5ccccc5)n4N=C3c3ccccc3)o2)cc1. The van der Waals surface area contributed by atoms with Gasteiger partial charge in [0, 0.05) is 33.7 Å². The highest BCUT2D eigenvalue weighted by Gasteiger charge is 2.25. The fourth-order valence-corrected chi connectivity index (χ4v) is 4.76. The first-order valence-electron chi connectivity index (χ1n) is 11.1. The van der Waals surface area contributed by atoms with Crippen molar-refractivity contribution in [2.24, 2.45) is 5.10 Å². The minimum absolute atomic E-state index is 0.0361. The molecule has 0 fully saturated rings. The molecule has 36 heavy (non-hydrogen) atoms. The molecule has 0 N–H and O–H groups in total. The minimum atomic E-state index is -0.422. The van der Waals surface area contributed by atoms with E-state index in [-0.39, 0.29) is 5.69 Å². The summed E-state index contributed by atoms with van der Waals surface area (Å²) in [5.74, 6) is 1.92. The van der Waals surface area contributed by atoms with Crippen molar-refractivity contribution in [3.05, 3.63) is 123 Å². The summed E-state index contributed by atoms with van der Waals surface area (Å²) in [6, 6.07) is 29.7. The van der Waals surface area contributed by atoms with Crippen LogP contribution in [-0.2, 0) is 0 Å². The van der Waals surface area contributed by atoms with Crippen LogP contribution in [0.3, 0.4) is 0 Å². The Morgan fingerprint density at radius 3 is 2.19 bits per heavy atom. The highest BCUT2D eigenvalue weighted by atomic mass is 32.2. The van der Waals surface area contributed by atoms with Crippen molar-refractivity contribution < 1.29 is 9.34 Å². The van der Waals surface area contributed by atoms with Gasteiger partial charge in [0.1, 0.15) is 17.2 Å². The van der Waals surface area contributed by atoms with Gasteiger partial charge in [-0.15, -0.1) is 10.2 Å². The summed E-state index contributed by atoms with van der Waals surface area (Å²) in [7, 11) is 0. The summed E-state index contributed by atoms with van der Waals surface area (Å²) < 4.78 is 7.83. The van der Waals surface area contributed by atoms with Crippen molar-refractivity contribution in [2.75, 3.05) is 0 Å². The number of thioether (sulfide) groups is 1. The molecule has 9 heteroatoms. The van der Waals surface area contributed by atoms with E-state index >= 15 is 0 Å². The maximum absolute atomic E-state index is 10.9. The molecule has 1 aliphatic rings. The number of nitro groups is 1. The van der Waals surface area contributed by atoms with Crippen molar-refractivity contribution in [2.45, 2.75) is 5.16 Å². The van der Waals surface area contributed by atoms with E-state index in [4.69, 9.17) is 9.52 Å². The van der Waals surface area contributed by atoms with Crippen LogP contribution < -0.4 is 0 Å². The van der Waals surface area contributed by atoms with Gasteiger partial charge >= 0.3 is 0 Å². The van der Waals surface area contributed by atoms with Crippen LogP contribution in [0.25, 0.3) is 28.8 Å². The maximum atomic E-state index is 10.9. The predicted molar refractivity (Wildman–Crippen MR) is 138 cm³/mol. The van der Waals surface area contributed by atoms with E-state index in [1.165, 1.54) is 23.9 Å². The number of benzene rings is 3. The van der Waals surface area contributed by atoms with Crippen molar-refractivity contribution in [1.29, 1.82) is 0 Å². The summed E-state index contributed by atoms with van der Waals surface area (Å²) >= 11 is 1.47. The van der Waals surface area contributed by atoms with Crippen molar-refractivity contribution >= 4 is 29.2 Å². The van der Waals surface area contributed by atoms with E-state index in [9.17, 15) is 10.1 Å². The molecule has 0 saturated heterocycles. The standard InChI is InChI=1S/C27H17N5O3S/c33-32(34)21-13-11-18(12-14-21)23-16-15-22(35-23)17-24-25(19-7-3-1-4-8-19)30-31-26(28-29-27(31)36-24)20-9-5-2-6-10-20/h1-17H/b24-17-. The van der Waals surface area contributed by atoms with Crippen LogP contribution >= 0.6 is 11.8 Å². The minimum Gasteiger partial charge on any atom is -0.457 e. The third kappa shape index (κ3) is 4.12. The lowest BCUT2D eigenvalue weighted by Crippen LogP contribution is -2.12. The number of non-ortho nitro benzene ring substituents is 1. The molecule has 0 saturated carbocycles. The average molecular weight is 492 g/mol. The number of nitro benzene ring substituents is 1. The normalized spacial score (nSPS) is 13.9. The molecule has 0 bridgehead atoms. The third-order valence-corrected chi connectivity index (χ3v) is 6.56. The third-order valence-electron chi connectivity index (χ3n) is 5.59. The molecule has 3 heterocycles.